The van der Waals surface area contributed by atoms with Crippen LogP contribution in [0.4, 0.5) is 13.2 Å². The van der Waals surface area contributed by atoms with E-state index in [1.807, 2.05) is 0 Å². The molecule has 0 spiro atoms. The molecule has 0 aromatic heterocycles. The largest absolute Gasteiger partial charge is 0.413 e. The fourth-order valence-electron chi connectivity index (χ4n) is 1.18. The summed E-state index contributed by atoms with van der Waals surface area (Å²) in [7, 11) is -4.30. The zero-order chi connectivity index (χ0) is 12.4. The number of alkyl halides is 3. The van der Waals surface area contributed by atoms with Gasteiger partial charge in [0.1, 0.15) is 0 Å². The van der Waals surface area contributed by atoms with Crippen molar-refractivity contribution in [2.24, 2.45) is 5.92 Å². The van der Waals surface area contributed by atoms with Gasteiger partial charge in [0.15, 0.2) is 6.61 Å². The second-order valence-electron chi connectivity index (χ2n) is 3.52. The van der Waals surface area contributed by atoms with Crippen LogP contribution < -0.4 is 0 Å². The first-order valence-corrected chi connectivity index (χ1v) is 5.96. The summed E-state index contributed by atoms with van der Waals surface area (Å²) in [6, 6.07) is 0. The van der Waals surface area contributed by atoms with E-state index in [1.54, 1.807) is 13.0 Å². The third-order valence-electron chi connectivity index (χ3n) is 1.91. The van der Waals surface area contributed by atoms with E-state index in [4.69, 9.17) is 0 Å². The highest BCUT2D eigenvalue weighted by molar-refractivity contribution is 7.90. The van der Waals surface area contributed by atoms with E-state index in [0.717, 1.165) is 0 Å². The molecule has 0 saturated carbocycles. The highest BCUT2D eigenvalue weighted by Gasteiger charge is 2.32. The molecule has 0 saturated heterocycles. The van der Waals surface area contributed by atoms with Crippen LogP contribution in [0, 0.1) is 5.92 Å². The highest BCUT2D eigenvalue weighted by Crippen LogP contribution is 2.23. The molecule has 92 valence electrons. The highest BCUT2D eigenvalue weighted by atomic mass is 32.2. The minimum Gasteiger partial charge on any atom is -0.257 e. The van der Waals surface area contributed by atoms with Crippen molar-refractivity contribution in [3.8, 4) is 0 Å². The lowest BCUT2D eigenvalue weighted by molar-refractivity contribution is -0.152. The predicted molar refractivity (Wildman–Crippen MR) is 51.9 cm³/mol. The van der Waals surface area contributed by atoms with Crippen LogP contribution in [0.5, 0.6) is 0 Å². The van der Waals surface area contributed by atoms with E-state index in [0.29, 0.717) is 6.42 Å². The van der Waals surface area contributed by atoms with E-state index < -0.39 is 22.9 Å². The van der Waals surface area contributed by atoms with Gasteiger partial charge < -0.3 is 0 Å². The van der Waals surface area contributed by atoms with Crippen LogP contribution in [-0.4, -0.2) is 21.2 Å². The Hall–Kier alpha value is -0.820. The molecule has 0 aromatic rings. The molecular formula is C9H11F3O3S. The Kier molecular flexibility index (Phi) is 3.80. The van der Waals surface area contributed by atoms with Crippen molar-refractivity contribution < 1.29 is 25.8 Å². The van der Waals surface area contributed by atoms with Crippen LogP contribution in [0.1, 0.15) is 13.3 Å². The van der Waals surface area contributed by atoms with Crippen molar-refractivity contribution >= 4 is 10.1 Å². The van der Waals surface area contributed by atoms with Crippen molar-refractivity contribution in [1.29, 1.82) is 0 Å². The van der Waals surface area contributed by atoms with Crippen LogP contribution in [0.2, 0.25) is 0 Å². The average molecular weight is 256 g/mol. The monoisotopic (exact) mass is 256 g/mol. The Morgan fingerprint density at radius 3 is 2.62 bits per heavy atom. The van der Waals surface area contributed by atoms with E-state index in [2.05, 4.69) is 4.18 Å². The molecule has 1 unspecified atom stereocenters. The molecule has 0 bridgehead atoms. The van der Waals surface area contributed by atoms with Gasteiger partial charge >= 0.3 is 6.18 Å². The molecule has 1 aliphatic rings. The smallest absolute Gasteiger partial charge is 0.257 e. The Balaban J connectivity index is 2.75. The van der Waals surface area contributed by atoms with Crippen molar-refractivity contribution in [2.75, 3.05) is 6.61 Å². The van der Waals surface area contributed by atoms with E-state index in [9.17, 15) is 21.6 Å². The molecule has 0 fully saturated rings. The quantitative estimate of drug-likeness (QED) is 0.728. The summed E-state index contributed by atoms with van der Waals surface area (Å²) in [4.78, 5) is -0.212. The molecule has 1 rings (SSSR count). The molecule has 0 amide bonds. The van der Waals surface area contributed by atoms with Gasteiger partial charge in [-0.15, -0.1) is 0 Å². The van der Waals surface area contributed by atoms with Gasteiger partial charge in [-0.3, -0.25) is 4.18 Å². The number of hydrogen-bond acceptors (Lipinski definition) is 3. The Morgan fingerprint density at radius 2 is 2.12 bits per heavy atom. The summed E-state index contributed by atoms with van der Waals surface area (Å²) >= 11 is 0. The predicted octanol–water partition coefficient (Wildman–Crippen LogP) is 2.38. The molecule has 16 heavy (non-hydrogen) atoms. The molecule has 0 aliphatic heterocycles. The third kappa shape index (κ3) is 3.97. The van der Waals surface area contributed by atoms with Crippen LogP contribution in [0.3, 0.4) is 0 Å². The maximum absolute atomic E-state index is 11.8. The molecule has 0 aromatic carbocycles. The van der Waals surface area contributed by atoms with Gasteiger partial charge in [-0.1, -0.05) is 19.1 Å². The zero-order valence-electron chi connectivity index (χ0n) is 8.49. The Labute approximate surface area is 91.7 Å². The van der Waals surface area contributed by atoms with Gasteiger partial charge in [-0.05, 0) is 18.4 Å². The molecule has 1 aliphatic carbocycles. The van der Waals surface area contributed by atoms with Gasteiger partial charge in [0, 0.05) is 0 Å². The summed E-state index contributed by atoms with van der Waals surface area (Å²) in [5, 5.41) is 0. The third-order valence-corrected chi connectivity index (χ3v) is 3.18. The molecule has 0 radical (unpaired) electrons. The first kappa shape index (κ1) is 13.2. The first-order chi connectivity index (χ1) is 7.21. The minimum absolute atomic E-state index is 0.0238. The lowest BCUT2D eigenvalue weighted by Crippen LogP contribution is -2.21. The van der Waals surface area contributed by atoms with Crippen LogP contribution in [0.25, 0.3) is 0 Å². The second kappa shape index (κ2) is 4.58. The van der Waals surface area contributed by atoms with Gasteiger partial charge in [0.25, 0.3) is 10.1 Å². The standard InChI is InChI=1S/C9H11F3O3S/c1-7-3-2-4-8(5-7)16(13,14)15-6-9(10,11)12/h2,4-5,7H,3,6H2,1H3. The molecule has 0 N–H and O–H groups in total. The van der Waals surface area contributed by atoms with Crippen LogP contribution in [-0.2, 0) is 14.3 Å². The van der Waals surface area contributed by atoms with Gasteiger partial charge in [0.2, 0.25) is 0 Å². The van der Waals surface area contributed by atoms with Crippen molar-refractivity contribution in [1.82, 2.24) is 0 Å². The van der Waals surface area contributed by atoms with Crippen LogP contribution >= 0.6 is 0 Å². The SMILES string of the molecule is CC1C=C(S(=O)(=O)OCC(F)(F)F)C=CC1. The molecular weight excluding hydrogens is 245 g/mol. The average Bonchev–Trinajstić information content (AvgIpc) is 2.14. The summed E-state index contributed by atoms with van der Waals surface area (Å²) in [6.45, 7) is -0.0301. The van der Waals surface area contributed by atoms with Gasteiger partial charge in [-0.25, -0.2) is 0 Å². The van der Waals surface area contributed by atoms with E-state index in [1.165, 1.54) is 12.2 Å². The number of hydrogen-bond donors (Lipinski definition) is 0. The fourth-order valence-corrected chi connectivity index (χ4v) is 2.27. The number of halogens is 3. The summed E-state index contributed by atoms with van der Waals surface area (Å²) in [5.41, 5.74) is 0. The summed E-state index contributed by atoms with van der Waals surface area (Å²) < 4.78 is 62.0. The lowest BCUT2D eigenvalue weighted by atomic mass is 10.0. The van der Waals surface area contributed by atoms with Crippen molar-refractivity contribution in [3.05, 3.63) is 23.1 Å². The molecule has 7 heteroatoms. The molecule has 0 heterocycles. The normalized spacial score (nSPS) is 22.0. The zero-order valence-corrected chi connectivity index (χ0v) is 9.31. The minimum atomic E-state index is -4.66. The number of rotatable bonds is 3. The van der Waals surface area contributed by atoms with Crippen molar-refractivity contribution in [2.45, 2.75) is 19.5 Å². The molecule has 3 nitrogen and oxygen atoms in total. The van der Waals surface area contributed by atoms with Crippen LogP contribution in [0.15, 0.2) is 23.1 Å². The summed E-state index contributed by atoms with van der Waals surface area (Å²) in [6.07, 6.45) is 0.238. The fraction of sp³-hybridized carbons (Fsp3) is 0.556. The maximum Gasteiger partial charge on any atom is 0.413 e. The Morgan fingerprint density at radius 1 is 1.50 bits per heavy atom. The van der Waals surface area contributed by atoms with Crippen molar-refractivity contribution in [3.63, 3.8) is 0 Å². The Bertz CT molecular complexity index is 406. The number of allylic oxidation sites excluding steroid dienone is 3. The first-order valence-electron chi connectivity index (χ1n) is 4.55. The van der Waals surface area contributed by atoms with E-state index in [-0.39, 0.29) is 10.8 Å². The second-order valence-corrected chi connectivity index (χ2v) is 5.13. The topological polar surface area (TPSA) is 43.4 Å². The van der Waals surface area contributed by atoms with Gasteiger partial charge in [-0.2, -0.15) is 21.6 Å². The van der Waals surface area contributed by atoms with E-state index >= 15 is 0 Å². The maximum atomic E-state index is 11.8. The van der Waals surface area contributed by atoms with Gasteiger partial charge in [0.05, 0.1) is 4.91 Å². The molecule has 1 atom stereocenters. The summed E-state index contributed by atoms with van der Waals surface area (Å²) in [5.74, 6) is -0.0238. The lowest BCUT2D eigenvalue weighted by Gasteiger charge is -2.13.